The summed E-state index contributed by atoms with van der Waals surface area (Å²) in [5.74, 6) is -0.0934. The van der Waals surface area contributed by atoms with Gasteiger partial charge >= 0.3 is 0 Å². The molecule has 5 nitrogen and oxygen atoms in total. The summed E-state index contributed by atoms with van der Waals surface area (Å²) in [7, 11) is 3.44. The van der Waals surface area contributed by atoms with Crippen LogP contribution in [0.4, 0.5) is 5.69 Å². The largest absolute Gasteiger partial charge is 0.399 e. The van der Waals surface area contributed by atoms with Crippen LogP contribution in [0.3, 0.4) is 0 Å². The molecule has 2 N–H and O–H groups in total. The van der Waals surface area contributed by atoms with E-state index in [1.54, 1.807) is 42.1 Å². The Morgan fingerprint density at radius 3 is 2.65 bits per heavy atom. The molecule has 0 aliphatic carbocycles. The minimum absolute atomic E-state index is 0.0102. The Kier molecular flexibility index (Phi) is 3.97. The van der Waals surface area contributed by atoms with Crippen LogP contribution in [0.5, 0.6) is 0 Å². The molecule has 2 amide bonds. The second-order valence-electron chi connectivity index (χ2n) is 5.46. The lowest BCUT2D eigenvalue weighted by Crippen LogP contribution is -2.45. The van der Waals surface area contributed by atoms with Gasteiger partial charge in [-0.25, -0.2) is 0 Å². The fraction of sp³-hybridized carbons (Fsp3) is 0.467. The van der Waals surface area contributed by atoms with Crippen molar-refractivity contribution in [2.24, 2.45) is 0 Å². The van der Waals surface area contributed by atoms with Gasteiger partial charge in [0.15, 0.2) is 0 Å². The molecule has 1 aromatic carbocycles. The number of amides is 2. The third-order valence-corrected chi connectivity index (χ3v) is 3.72. The van der Waals surface area contributed by atoms with Gasteiger partial charge in [-0.05, 0) is 43.5 Å². The Morgan fingerprint density at radius 2 is 2.05 bits per heavy atom. The molecule has 2 rings (SSSR count). The quantitative estimate of drug-likeness (QED) is 0.827. The molecule has 1 fully saturated rings. The van der Waals surface area contributed by atoms with E-state index in [0.717, 1.165) is 18.4 Å². The standard InChI is InChI=1S/C15H21N3O2/c1-10-9-11(16)6-7-12(10)14(19)18-8-4-5-13(18)15(20)17(2)3/h6-7,9,13H,4-5,8,16H2,1-3H3. The third-order valence-electron chi connectivity index (χ3n) is 3.72. The van der Waals surface area contributed by atoms with E-state index in [4.69, 9.17) is 5.73 Å². The Bertz CT molecular complexity index is 540. The van der Waals surface area contributed by atoms with Crippen LogP contribution in [0, 0.1) is 6.92 Å². The Morgan fingerprint density at radius 1 is 1.35 bits per heavy atom. The van der Waals surface area contributed by atoms with Crippen LogP contribution in [0.1, 0.15) is 28.8 Å². The number of carbonyl (C=O) groups excluding carboxylic acids is 2. The monoisotopic (exact) mass is 275 g/mol. The van der Waals surface area contributed by atoms with Crippen molar-refractivity contribution in [3.05, 3.63) is 29.3 Å². The predicted molar refractivity (Wildman–Crippen MR) is 78.3 cm³/mol. The number of likely N-dealkylation sites (tertiary alicyclic amines) is 1. The number of likely N-dealkylation sites (N-methyl/N-ethyl adjacent to an activating group) is 1. The fourth-order valence-corrected chi connectivity index (χ4v) is 2.65. The van der Waals surface area contributed by atoms with Crippen molar-refractivity contribution in [3.63, 3.8) is 0 Å². The summed E-state index contributed by atoms with van der Waals surface area (Å²) in [6.07, 6.45) is 1.60. The number of nitrogens with zero attached hydrogens (tertiary/aromatic N) is 2. The number of carbonyl (C=O) groups is 2. The molecule has 1 heterocycles. The maximum absolute atomic E-state index is 12.6. The van der Waals surface area contributed by atoms with Crippen molar-refractivity contribution in [1.29, 1.82) is 0 Å². The molecule has 1 atom stereocenters. The lowest BCUT2D eigenvalue weighted by Gasteiger charge is -2.26. The fourth-order valence-electron chi connectivity index (χ4n) is 2.65. The van der Waals surface area contributed by atoms with Crippen LogP contribution in [-0.2, 0) is 4.79 Å². The molecule has 1 saturated heterocycles. The molecular formula is C15H21N3O2. The lowest BCUT2D eigenvalue weighted by atomic mass is 10.1. The van der Waals surface area contributed by atoms with E-state index in [-0.39, 0.29) is 17.9 Å². The molecule has 0 bridgehead atoms. The molecule has 0 saturated carbocycles. The first-order chi connectivity index (χ1) is 9.41. The number of aryl methyl sites for hydroxylation is 1. The van der Waals surface area contributed by atoms with E-state index in [0.29, 0.717) is 17.8 Å². The molecule has 5 heteroatoms. The molecule has 1 aliphatic heterocycles. The number of benzene rings is 1. The summed E-state index contributed by atoms with van der Waals surface area (Å²) in [6, 6.07) is 4.91. The van der Waals surface area contributed by atoms with Crippen molar-refractivity contribution in [1.82, 2.24) is 9.80 Å². The summed E-state index contributed by atoms with van der Waals surface area (Å²) in [5, 5.41) is 0. The summed E-state index contributed by atoms with van der Waals surface area (Å²) >= 11 is 0. The average molecular weight is 275 g/mol. The summed E-state index contributed by atoms with van der Waals surface area (Å²) in [6.45, 7) is 2.50. The van der Waals surface area contributed by atoms with Gasteiger partial charge in [-0.3, -0.25) is 9.59 Å². The highest BCUT2D eigenvalue weighted by atomic mass is 16.2. The van der Waals surface area contributed by atoms with Gasteiger partial charge < -0.3 is 15.5 Å². The minimum atomic E-state index is -0.338. The number of hydrogen-bond donors (Lipinski definition) is 1. The molecule has 20 heavy (non-hydrogen) atoms. The molecular weight excluding hydrogens is 254 g/mol. The van der Waals surface area contributed by atoms with Gasteiger partial charge in [0.1, 0.15) is 6.04 Å². The highest BCUT2D eigenvalue weighted by molar-refractivity contribution is 5.99. The zero-order valence-corrected chi connectivity index (χ0v) is 12.2. The Balaban J connectivity index is 2.25. The first-order valence-electron chi connectivity index (χ1n) is 6.80. The number of nitrogen functional groups attached to an aromatic ring is 1. The number of nitrogens with two attached hydrogens (primary N) is 1. The number of hydrogen-bond acceptors (Lipinski definition) is 3. The highest BCUT2D eigenvalue weighted by Crippen LogP contribution is 2.23. The second kappa shape index (κ2) is 5.53. The Labute approximate surface area is 119 Å². The SMILES string of the molecule is Cc1cc(N)ccc1C(=O)N1CCCC1C(=O)N(C)C. The van der Waals surface area contributed by atoms with Crippen molar-refractivity contribution < 1.29 is 9.59 Å². The van der Waals surface area contributed by atoms with Gasteiger partial charge in [0.25, 0.3) is 5.91 Å². The van der Waals surface area contributed by atoms with Gasteiger partial charge in [0.05, 0.1) is 0 Å². The first-order valence-corrected chi connectivity index (χ1v) is 6.80. The predicted octanol–water partition coefficient (Wildman–Crippen LogP) is 1.27. The smallest absolute Gasteiger partial charge is 0.254 e. The zero-order chi connectivity index (χ0) is 14.9. The topological polar surface area (TPSA) is 66.6 Å². The van der Waals surface area contributed by atoms with Crippen molar-refractivity contribution in [2.75, 3.05) is 26.4 Å². The number of rotatable bonds is 2. The van der Waals surface area contributed by atoms with E-state index >= 15 is 0 Å². The minimum Gasteiger partial charge on any atom is -0.399 e. The summed E-state index contributed by atoms with van der Waals surface area (Å²) in [4.78, 5) is 28.0. The van der Waals surface area contributed by atoms with Gasteiger partial charge in [0, 0.05) is 31.9 Å². The zero-order valence-electron chi connectivity index (χ0n) is 12.2. The maximum Gasteiger partial charge on any atom is 0.254 e. The third kappa shape index (κ3) is 2.61. The number of anilines is 1. The molecule has 108 valence electrons. The van der Waals surface area contributed by atoms with Gasteiger partial charge in [-0.2, -0.15) is 0 Å². The average Bonchev–Trinajstić information content (AvgIpc) is 2.86. The molecule has 1 aliphatic rings. The highest BCUT2D eigenvalue weighted by Gasteiger charge is 2.35. The van der Waals surface area contributed by atoms with Crippen molar-refractivity contribution >= 4 is 17.5 Å². The Hall–Kier alpha value is -2.04. The normalized spacial score (nSPS) is 18.1. The lowest BCUT2D eigenvalue weighted by molar-refractivity contribution is -0.132. The molecule has 1 aromatic rings. The van der Waals surface area contributed by atoms with Gasteiger partial charge in [0.2, 0.25) is 5.91 Å². The van der Waals surface area contributed by atoms with Crippen molar-refractivity contribution in [2.45, 2.75) is 25.8 Å². The van der Waals surface area contributed by atoms with E-state index in [2.05, 4.69) is 0 Å². The van der Waals surface area contributed by atoms with Gasteiger partial charge in [-0.15, -0.1) is 0 Å². The van der Waals surface area contributed by atoms with E-state index in [1.165, 1.54) is 0 Å². The molecule has 0 spiro atoms. The second-order valence-corrected chi connectivity index (χ2v) is 5.46. The van der Waals surface area contributed by atoms with Crippen molar-refractivity contribution in [3.8, 4) is 0 Å². The maximum atomic E-state index is 12.6. The van der Waals surface area contributed by atoms with Gasteiger partial charge in [-0.1, -0.05) is 0 Å². The van der Waals surface area contributed by atoms with E-state index in [1.807, 2.05) is 6.92 Å². The van der Waals surface area contributed by atoms with Crippen LogP contribution < -0.4 is 5.73 Å². The van der Waals surface area contributed by atoms with Crippen LogP contribution >= 0.6 is 0 Å². The molecule has 1 unspecified atom stereocenters. The molecule has 0 aromatic heterocycles. The van der Waals surface area contributed by atoms with Crippen LogP contribution in [0.25, 0.3) is 0 Å². The molecule has 0 radical (unpaired) electrons. The van der Waals surface area contributed by atoms with E-state index < -0.39 is 0 Å². The van der Waals surface area contributed by atoms with Crippen LogP contribution in [-0.4, -0.2) is 48.3 Å². The van der Waals surface area contributed by atoms with E-state index in [9.17, 15) is 9.59 Å². The summed E-state index contributed by atoms with van der Waals surface area (Å²) < 4.78 is 0. The first kappa shape index (κ1) is 14.4. The van der Waals surface area contributed by atoms with Crippen LogP contribution in [0.15, 0.2) is 18.2 Å². The summed E-state index contributed by atoms with van der Waals surface area (Å²) in [5.41, 5.74) is 7.82. The van der Waals surface area contributed by atoms with Crippen LogP contribution in [0.2, 0.25) is 0 Å².